The third-order valence-corrected chi connectivity index (χ3v) is 21.2. The first kappa shape index (κ1) is 66.6. The molecular formula is C56H87NaO24S. The molecule has 9 rings (SSSR count). The van der Waals surface area contributed by atoms with Gasteiger partial charge in [0, 0.05) is 32.0 Å². The van der Waals surface area contributed by atoms with Crippen LogP contribution in [0.4, 0.5) is 0 Å². The fourth-order valence-corrected chi connectivity index (χ4v) is 17.2. The molecule has 4 saturated carbocycles. The molecule has 82 heavy (non-hydrogen) atoms. The Hall–Kier alpha value is -1.35. The van der Waals surface area contributed by atoms with E-state index in [0.29, 0.717) is 51.4 Å². The number of fused-ring (bicyclic) bond motifs is 4. The second-order valence-corrected chi connectivity index (χ2v) is 27.1. The Kier molecular flexibility index (Phi) is 20.2. The zero-order chi connectivity index (χ0) is 59.3. The topological polar surface area (TPSA) is 355 Å². The number of carbonyl (C=O) groups excluding carboxylic acids is 2. The Bertz CT molecular complexity index is 2460. The van der Waals surface area contributed by atoms with E-state index in [9.17, 15) is 63.4 Å². The molecule has 0 radical (unpaired) electrons. The van der Waals surface area contributed by atoms with Gasteiger partial charge in [-0.15, -0.1) is 0 Å². The molecule has 0 amide bonds. The van der Waals surface area contributed by atoms with Crippen molar-refractivity contribution in [2.24, 2.45) is 45.3 Å². The summed E-state index contributed by atoms with van der Waals surface area (Å²) in [5.74, 6) is -1.73. The van der Waals surface area contributed by atoms with Crippen molar-refractivity contribution < 1.29 is 145 Å². The van der Waals surface area contributed by atoms with Gasteiger partial charge in [0.25, 0.3) is 0 Å². The molecule has 4 aliphatic heterocycles. The summed E-state index contributed by atoms with van der Waals surface area (Å²) < 4.78 is 101. The van der Waals surface area contributed by atoms with Crippen molar-refractivity contribution in [1.82, 2.24) is 0 Å². The average molecular weight is 1200 g/mol. The summed E-state index contributed by atoms with van der Waals surface area (Å²) >= 11 is 0. The van der Waals surface area contributed by atoms with Crippen LogP contribution in [0.1, 0.15) is 120 Å². The summed E-state index contributed by atoms with van der Waals surface area (Å²) in [7, 11) is -4.14. The number of rotatable bonds is 16. The van der Waals surface area contributed by atoms with E-state index in [1.165, 1.54) is 26.5 Å². The van der Waals surface area contributed by atoms with Crippen molar-refractivity contribution >= 4 is 22.3 Å². The van der Waals surface area contributed by atoms with Crippen LogP contribution in [-0.4, -0.2) is 215 Å². The maximum atomic E-state index is 14.7. The Labute approximate surface area is 502 Å². The van der Waals surface area contributed by atoms with Gasteiger partial charge in [0.05, 0.1) is 49.0 Å². The number of esters is 2. The van der Waals surface area contributed by atoms with Gasteiger partial charge in [-0.1, -0.05) is 51.0 Å². The van der Waals surface area contributed by atoms with Crippen LogP contribution in [0.15, 0.2) is 23.3 Å². The van der Waals surface area contributed by atoms with Crippen molar-refractivity contribution in [3.63, 3.8) is 0 Å². The molecule has 0 aromatic rings. The van der Waals surface area contributed by atoms with Crippen LogP contribution in [0.3, 0.4) is 0 Å². The van der Waals surface area contributed by atoms with E-state index in [0.717, 1.165) is 5.57 Å². The van der Waals surface area contributed by atoms with Crippen molar-refractivity contribution in [3.05, 3.63) is 23.3 Å². The number of ether oxygens (including phenoxy) is 10. The van der Waals surface area contributed by atoms with Gasteiger partial charge in [0.1, 0.15) is 78.8 Å². The molecular weight excluding hydrogens is 1110 g/mol. The van der Waals surface area contributed by atoms with Crippen molar-refractivity contribution in [3.8, 4) is 0 Å². The predicted molar refractivity (Wildman–Crippen MR) is 277 cm³/mol. The molecule has 9 aliphatic rings. The molecule has 8 N–H and O–H groups in total. The number of cyclic esters (lactones) is 1. The summed E-state index contributed by atoms with van der Waals surface area (Å²) in [4.78, 5) is 27.4. The maximum Gasteiger partial charge on any atom is 1.00 e. The Balaban J connectivity index is 0.00000880. The summed E-state index contributed by atoms with van der Waals surface area (Å²) in [5.41, 5.74) is -1.03. The molecule has 1 spiro atoms. The molecule has 0 aromatic carbocycles. The molecule has 0 aromatic heterocycles. The van der Waals surface area contributed by atoms with Gasteiger partial charge in [0.2, 0.25) is 10.4 Å². The number of hydrogen-bond acceptors (Lipinski definition) is 24. The second kappa shape index (κ2) is 24.9. The quantitative estimate of drug-likeness (QED) is 0.0271. The van der Waals surface area contributed by atoms with Crippen molar-refractivity contribution in [2.45, 2.75) is 242 Å². The third kappa shape index (κ3) is 11.8. The number of aliphatic hydroxyl groups is 8. The molecule has 4 heterocycles. The minimum absolute atomic E-state index is 0. The second-order valence-electron chi connectivity index (χ2n) is 26.1. The fraction of sp³-hybridized carbons (Fsp3) is 0.893. The van der Waals surface area contributed by atoms with Crippen LogP contribution >= 0.6 is 0 Å². The summed E-state index contributed by atoms with van der Waals surface area (Å²) in [6.45, 7) is 16.0. The first-order valence-electron chi connectivity index (χ1n) is 28.7. The van der Waals surface area contributed by atoms with Gasteiger partial charge in [-0.3, -0.25) is 13.8 Å². The number of hydrogen-bond donors (Lipinski definition) is 8. The molecule has 8 fully saturated rings. The van der Waals surface area contributed by atoms with Gasteiger partial charge in [-0.05, 0) is 108 Å². The van der Waals surface area contributed by atoms with E-state index in [-0.39, 0.29) is 65.1 Å². The van der Waals surface area contributed by atoms with Gasteiger partial charge >= 0.3 is 41.5 Å². The molecule has 4 saturated heterocycles. The molecule has 15 unspecified atom stereocenters. The van der Waals surface area contributed by atoms with Crippen LogP contribution in [0.5, 0.6) is 0 Å². The normalized spacial score (nSPS) is 48.9. The monoisotopic (exact) mass is 1200 g/mol. The maximum absolute atomic E-state index is 14.7. The summed E-state index contributed by atoms with van der Waals surface area (Å²) in [6, 6.07) is 0. The van der Waals surface area contributed by atoms with Crippen LogP contribution in [-0.2, 0) is 71.5 Å². The van der Waals surface area contributed by atoms with E-state index in [1.54, 1.807) is 0 Å². The van der Waals surface area contributed by atoms with Gasteiger partial charge < -0.3 is 92.8 Å². The molecule has 0 bridgehead atoms. The standard InChI is InChI=1S/C56H88O24S.Na/c1-25(2)12-11-17-55(9)47-33(74-27(4)58)21-54(8)30-13-14-35-52(5,6)36(16-18-53(35,7)29(30)15-19-56(47,54)51(66)79-55)76-50-46(39(62)34(24-72-50)80-81(67,68)69)78-49-41(64)40(63)43(26(3)73-49)77-48-42(65)44(31(59)23-71-48)75-32-20-28(22-57)37(60)45(70-10)38(32)61;/h12-13,26,28-29,31-50,57,59-65H,11,14-24H2,1-10H3,(H,67,68,69);/q;+1/p-1/t26?,28?,29?,31-,32-,33?,34-,35?,36?,37-,38?,39?,40?,41?,42?,43-,44?,45?,46?,47-,48+,49+,50+,53+,54+,55+,56?;/m1./s1. The first-order valence-corrected chi connectivity index (χ1v) is 30.0. The number of methoxy groups -OCH3 is 1. The minimum atomic E-state index is -5.40. The minimum Gasteiger partial charge on any atom is -0.726 e. The van der Waals surface area contributed by atoms with Crippen molar-refractivity contribution in [2.75, 3.05) is 26.9 Å². The molecule has 26 heteroatoms. The zero-order valence-corrected chi connectivity index (χ0v) is 51.8. The van der Waals surface area contributed by atoms with Crippen LogP contribution < -0.4 is 29.6 Å². The van der Waals surface area contributed by atoms with Crippen molar-refractivity contribution in [1.29, 1.82) is 0 Å². The Morgan fingerprint density at radius 2 is 1.46 bits per heavy atom. The molecule has 462 valence electrons. The van der Waals surface area contributed by atoms with Gasteiger partial charge in [0.15, 0.2) is 18.9 Å². The zero-order valence-electron chi connectivity index (χ0n) is 48.9. The SMILES string of the molecule is COC1C(O)[C@H](OC2C(O)[C@H](O[C@@H]3C(C)O[C@@H](OC4C(O)[C@H](OS(=O)(=O)[O-])CO[C@H]4OC4CC[C@@]5(C)C6CCC78C(=O)O[C@@](C)(CCC=C(C)C)[C@H]7C(OC(C)=O)C[C@@]8(C)C6=CCC5C4(C)C)C(O)C3O)OC[C@H]2O)CC(CO)[C@H]1O.[Na+]. The first-order chi connectivity index (χ1) is 37.9. The number of allylic oxidation sites excluding steroid dienone is 4. The molecule has 24 nitrogen and oxygen atoms in total. The summed E-state index contributed by atoms with van der Waals surface area (Å²) in [6.07, 6.45) is -18.4. The summed E-state index contributed by atoms with van der Waals surface area (Å²) in [5, 5.41) is 88.8. The fourth-order valence-electron chi connectivity index (χ4n) is 16.7. The van der Waals surface area contributed by atoms with E-state index < -0.39 is 180 Å². The predicted octanol–water partition coefficient (Wildman–Crippen LogP) is -2.06. The van der Waals surface area contributed by atoms with Crippen LogP contribution in [0.2, 0.25) is 0 Å². The number of carbonyl (C=O) groups is 2. The Morgan fingerprint density at radius 1 is 0.793 bits per heavy atom. The van der Waals surface area contributed by atoms with Gasteiger partial charge in [-0.2, -0.15) is 0 Å². The van der Waals surface area contributed by atoms with E-state index in [2.05, 4.69) is 39.8 Å². The molecule has 5 aliphatic carbocycles. The third-order valence-electron chi connectivity index (χ3n) is 20.7. The van der Waals surface area contributed by atoms with E-state index in [1.807, 2.05) is 20.8 Å². The van der Waals surface area contributed by atoms with Gasteiger partial charge in [-0.25, -0.2) is 8.42 Å². The average Bonchev–Trinajstić information content (AvgIpc) is 1.55. The largest absolute Gasteiger partial charge is 1.00 e. The Morgan fingerprint density at radius 3 is 2.11 bits per heavy atom. The van der Waals surface area contributed by atoms with E-state index >= 15 is 0 Å². The smallest absolute Gasteiger partial charge is 0.726 e. The molecule has 27 atom stereocenters. The van der Waals surface area contributed by atoms with Crippen LogP contribution in [0, 0.1) is 45.3 Å². The van der Waals surface area contributed by atoms with Crippen LogP contribution in [0.25, 0.3) is 0 Å². The number of aliphatic hydroxyl groups excluding tert-OH is 8. The van der Waals surface area contributed by atoms with E-state index in [4.69, 9.17) is 51.6 Å².